The van der Waals surface area contributed by atoms with Crippen LogP contribution in [0.25, 0.3) is 0 Å². The van der Waals surface area contributed by atoms with Gasteiger partial charge in [-0.15, -0.1) is 0 Å². The van der Waals surface area contributed by atoms with Crippen molar-refractivity contribution in [2.75, 3.05) is 0 Å². The summed E-state index contributed by atoms with van der Waals surface area (Å²) < 4.78 is 0. The second-order valence-electron chi connectivity index (χ2n) is 3.94. The summed E-state index contributed by atoms with van der Waals surface area (Å²) in [5.41, 5.74) is 5.82. The first-order valence-electron chi connectivity index (χ1n) is 5.27. The molecule has 2 unspecified atom stereocenters. The third-order valence-electron chi connectivity index (χ3n) is 2.56. The van der Waals surface area contributed by atoms with Crippen molar-refractivity contribution in [3.8, 4) is 0 Å². The van der Waals surface area contributed by atoms with Crippen LogP contribution in [0.15, 0.2) is 0 Å². The molecule has 0 aromatic heterocycles. The highest BCUT2D eigenvalue weighted by molar-refractivity contribution is 5.76. The van der Waals surface area contributed by atoms with E-state index in [1.165, 1.54) is 0 Å². The number of carbonyl (C=O) groups is 1. The average Bonchev–Trinajstić information content (AvgIpc) is 2.04. The molecule has 1 aliphatic carbocycles. The Morgan fingerprint density at radius 3 is 2.92 bits per heavy atom. The highest BCUT2D eigenvalue weighted by Gasteiger charge is 2.19. The molecule has 1 fully saturated rings. The van der Waals surface area contributed by atoms with Crippen LogP contribution in [0.4, 0.5) is 0 Å². The zero-order chi connectivity index (χ0) is 9.68. The normalized spacial score (nSPS) is 28.5. The second kappa shape index (κ2) is 5.22. The van der Waals surface area contributed by atoms with E-state index in [1.54, 1.807) is 0 Å². The standard InChI is InChI=1S/C10H20N2O/c1-2-4-10(13)12-9-6-3-5-8(11)7-9/h8-9H,2-7,11H2,1H3,(H,12,13). The Bertz CT molecular complexity index is 170. The molecule has 0 spiro atoms. The summed E-state index contributed by atoms with van der Waals surface area (Å²) >= 11 is 0. The van der Waals surface area contributed by atoms with Gasteiger partial charge in [0.15, 0.2) is 0 Å². The number of hydrogen-bond donors (Lipinski definition) is 2. The zero-order valence-electron chi connectivity index (χ0n) is 8.38. The van der Waals surface area contributed by atoms with Gasteiger partial charge in [-0.3, -0.25) is 4.79 Å². The van der Waals surface area contributed by atoms with Crippen molar-refractivity contribution in [2.45, 2.75) is 57.5 Å². The lowest BCUT2D eigenvalue weighted by molar-refractivity contribution is -0.122. The molecule has 0 aromatic rings. The minimum absolute atomic E-state index is 0.182. The lowest BCUT2D eigenvalue weighted by Crippen LogP contribution is -2.42. The molecule has 0 saturated heterocycles. The number of amides is 1. The van der Waals surface area contributed by atoms with Gasteiger partial charge in [-0.1, -0.05) is 6.92 Å². The van der Waals surface area contributed by atoms with E-state index in [-0.39, 0.29) is 5.91 Å². The van der Waals surface area contributed by atoms with Gasteiger partial charge in [0.05, 0.1) is 0 Å². The molecule has 0 heterocycles. The summed E-state index contributed by atoms with van der Waals surface area (Å²) in [6.07, 6.45) is 5.88. The molecule has 3 nitrogen and oxygen atoms in total. The van der Waals surface area contributed by atoms with E-state index in [4.69, 9.17) is 5.73 Å². The summed E-state index contributed by atoms with van der Waals surface area (Å²) in [6, 6.07) is 0.628. The molecule has 1 amide bonds. The molecular formula is C10H20N2O. The fraction of sp³-hybridized carbons (Fsp3) is 0.900. The van der Waals surface area contributed by atoms with Crippen LogP contribution in [0.2, 0.25) is 0 Å². The summed E-state index contributed by atoms with van der Waals surface area (Å²) in [5, 5.41) is 3.03. The summed E-state index contributed by atoms with van der Waals surface area (Å²) in [4.78, 5) is 11.3. The number of nitrogens with two attached hydrogens (primary N) is 1. The van der Waals surface area contributed by atoms with Gasteiger partial charge in [-0.25, -0.2) is 0 Å². The van der Waals surface area contributed by atoms with Crippen LogP contribution in [0.3, 0.4) is 0 Å². The maximum atomic E-state index is 11.3. The van der Waals surface area contributed by atoms with Crippen LogP contribution in [0.1, 0.15) is 45.4 Å². The first-order chi connectivity index (χ1) is 6.22. The molecule has 1 rings (SSSR count). The van der Waals surface area contributed by atoms with Crippen molar-refractivity contribution < 1.29 is 4.79 Å². The van der Waals surface area contributed by atoms with Crippen molar-refractivity contribution in [3.63, 3.8) is 0 Å². The maximum absolute atomic E-state index is 11.3. The third kappa shape index (κ3) is 3.77. The van der Waals surface area contributed by atoms with Gasteiger partial charge in [-0.2, -0.15) is 0 Å². The van der Waals surface area contributed by atoms with E-state index < -0.39 is 0 Å². The van der Waals surface area contributed by atoms with Gasteiger partial charge >= 0.3 is 0 Å². The molecule has 3 heteroatoms. The highest BCUT2D eigenvalue weighted by atomic mass is 16.1. The van der Waals surface area contributed by atoms with Gasteiger partial charge in [0.25, 0.3) is 0 Å². The highest BCUT2D eigenvalue weighted by Crippen LogP contribution is 2.16. The SMILES string of the molecule is CCCC(=O)NC1CCCC(N)C1. The molecule has 0 aromatic carbocycles. The molecule has 0 aliphatic heterocycles. The minimum Gasteiger partial charge on any atom is -0.353 e. The number of rotatable bonds is 3. The number of hydrogen-bond acceptors (Lipinski definition) is 2. The van der Waals surface area contributed by atoms with Crippen LogP contribution in [0, 0.1) is 0 Å². The van der Waals surface area contributed by atoms with Gasteiger partial charge in [-0.05, 0) is 32.1 Å². The number of nitrogens with one attached hydrogen (secondary N) is 1. The van der Waals surface area contributed by atoms with Crippen LogP contribution >= 0.6 is 0 Å². The predicted octanol–water partition coefficient (Wildman–Crippen LogP) is 1.17. The van der Waals surface area contributed by atoms with Crippen molar-refractivity contribution in [3.05, 3.63) is 0 Å². The van der Waals surface area contributed by atoms with E-state index in [0.29, 0.717) is 18.5 Å². The van der Waals surface area contributed by atoms with Crippen LogP contribution in [-0.2, 0) is 4.79 Å². The van der Waals surface area contributed by atoms with Crippen LogP contribution in [-0.4, -0.2) is 18.0 Å². The molecular weight excluding hydrogens is 164 g/mol. The predicted molar refractivity (Wildman–Crippen MR) is 53.3 cm³/mol. The Balaban J connectivity index is 2.23. The largest absolute Gasteiger partial charge is 0.353 e. The van der Waals surface area contributed by atoms with Gasteiger partial charge < -0.3 is 11.1 Å². The second-order valence-corrected chi connectivity index (χ2v) is 3.94. The van der Waals surface area contributed by atoms with Crippen molar-refractivity contribution in [2.24, 2.45) is 5.73 Å². The topological polar surface area (TPSA) is 55.1 Å². The smallest absolute Gasteiger partial charge is 0.220 e. The van der Waals surface area contributed by atoms with Gasteiger partial charge in [0.2, 0.25) is 5.91 Å². The van der Waals surface area contributed by atoms with Crippen molar-refractivity contribution >= 4 is 5.91 Å². The van der Waals surface area contributed by atoms with E-state index in [1.807, 2.05) is 6.92 Å². The van der Waals surface area contributed by atoms with Crippen LogP contribution in [0.5, 0.6) is 0 Å². The molecule has 1 saturated carbocycles. The van der Waals surface area contributed by atoms with E-state index in [9.17, 15) is 4.79 Å². The molecule has 76 valence electrons. The fourth-order valence-corrected chi connectivity index (χ4v) is 1.89. The lowest BCUT2D eigenvalue weighted by atomic mass is 9.91. The number of carbonyl (C=O) groups excluding carboxylic acids is 1. The summed E-state index contributed by atoms with van der Waals surface area (Å²) in [7, 11) is 0. The lowest BCUT2D eigenvalue weighted by Gasteiger charge is -2.27. The van der Waals surface area contributed by atoms with Crippen molar-refractivity contribution in [1.29, 1.82) is 0 Å². The zero-order valence-corrected chi connectivity index (χ0v) is 8.38. The Labute approximate surface area is 80.1 Å². The summed E-state index contributed by atoms with van der Waals surface area (Å²) in [6.45, 7) is 2.02. The van der Waals surface area contributed by atoms with E-state index in [2.05, 4.69) is 5.32 Å². The Hall–Kier alpha value is -0.570. The molecule has 0 radical (unpaired) electrons. The quantitative estimate of drug-likeness (QED) is 0.692. The van der Waals surface area contributed by atoms with Gasteiger partial charge in [0.1, 0.15) is 0 Å². The molecule has 0 bridgehead atoms. The Morgan fingerprint density at radius 1 is 1.54 bits per heavy atom. The molecule has 2 atom stereocenters. The average molecular weight is 184 g/mol. The van der Waals surface area contributed by atoms with Crippen molar-refractivity contribution in [1.82, 2.24) is 5.32 Å². The third-order valence-corrected chi connectivity index (χ3v) is 2.56. The van der Waals surface area contributed by atoms with E-state index in [0.717, 1.165) is 32.1 Å². The first kappa shape index (κ1) is 10.5. The van der Waals surface area contributed by atoms with E-state index >= 15 is 0 Å². The monoisotopic (exact) mass is 184 g/mol. The molecule has 13 heavy (non-hydrogen) atoms. The fourth-order valence-electron chi connectivity index (χ4n) is 1.89. The molecule has 3 N–H and O–H groups in total. The first-order valence-corrected chi connectivity index (χ1v) is 5.27. The van der Waals surface area contributed by atoms with Gasteiger partial charge in [0, 0.05) is 18.5 Å². The Kier molecular flexibility index (Phi) is 4.22. The minimum atomic E-state index is 0.182. The maximum Gasteiger partial charge on any atom is 0.220 e. The molecule has 1 aliphatic rings. The Morgan fingerprint density at radius 2 is 2.31 bits per heavy atom. The van der Waals surface area contributed by atoms with Crippen LogP contribution < -0.4 is 11.1 Å². The summed E-state index contributed by atoms with van der Waals surface area (Å²) in [5.74, 6) is 0.182.